The molecule has 1 amide bonds. The minimum Gasteiger partial charge on any atom is -0.344 e. The van der Waals surface area contributed by atoms with Crippen LogP contribution in [-0.2, 0) is 11.3 Å². The van der Waals surface area contributed by atoms with Crippen molar-refractivity contribution in [3.8, 4) is 0 Å². The molecule has 1 saturated heterocycles. The fourth-order valence-corrected chi connectivity index (χ4v) is 4.19. The first-order valence-electron chi connectivity index (χ1n) is 8.84. The molecule has 2 heterocycles. The average molecular weight is 380 g/mol. The second kappa shape index (κ2) is 8.81. The van der Waals surface area contributed by atoms with Gasteiger partial charge in [-0.25, -0.2) is 0 Å². The second-order valence-corrected chi connectivity index (χ2v) is 8.20. The van der Waals surface area contributed by atoms with Crippen LogP contribution in [0.15, 0.2) is 41.8 Å². The van der Waals surface area contributed by atoms with Crippen molar-refractivity contribution in [3.05, 3.63) is 57.2 Å². The highest BCUT2D eigenvalue weighted by Crippen LogP contribution is 2.17. The number of thiophene rings is 1. The summed E-state index contributed by atoms with van der Waals surface area (Å²) in [5.74, 6) is 0.150. The van der Waals surface area contributed by atoms with E-state index in [1.54, 1.807) is 16.2 Å². The lowest BCUT2D eigenvalue weighted by Crippen LogP contribution is -3.28. The molecule has 1 fully saturated rings. The van der Waals surface area contributed by atoms with Crippen molar-refractivity contribution in [3.63, 3.8) is 0 Å². The van der Waals surface area contributed by atoms with E-state index in [1.165, 1.54) is 15.3 Å². The smallest absolute Gasteiger partial charge is 0.275 e. The van der Waals surface area contributed by atoms with Crippen molar-refractivity contribution in [1.82, 2.24) is 5.32 Å². The Hall–Kier alpha value is -1.40. The van der Waals surface area contributed by atoms with Crippen molar-refractivity contribution in [2.75, 3.05) is 32.7 Å². The van der Waals surface area contributed by atoms with Gasteiger partial charge in [0.05, 0.1) is 6.04 Å². The number of carbonyl (C=O) groups is 1. The van der Waals surface area contributed by atoms with Crippen molar-refractivity contribution in [2.24, 2.45) is 0 Å². The number of amides is 1. The van der Waals surface area contributed by atoms with E-state index in [9.17, 15) is 4.79 Å². The lowest BCUT2D eigenvalue weighted by molar-refractivity contribution is -1.02. The molecule has 0 spiro atoms. The fraction of sp³-hybridized carbons (Fsp3) is 0.421. The molecule has 0 aliphatic carbocycles. The molecule has 0 unspecified atom stereocenters. The topological polar surface area (TPSA) is 38.0 Å². The molecule has 0 radical (unpaired) electrons. The lowest BCUT2D eigenvalue weighted by atomic mass is 10.2. The zero-order valence-corrected chi connectivity index (χ0v) is 16.1. The van der Waals surface area contributed by atoms with Crippen LogP contribution in [0.4, 0.5) is 0 Å². The Labute approximate surface area is 158 Å². The Kier molecular flexibility index (Phi) is 6.48. The van der Waals surface area contributed by atoms with Gasteiger partial charge in [0.1, 0.15) is 32.7 Å². The quantitative estimate of drug-likeness (QED) is 0.674. The molecule has 2 aromatic rings. The molecule has 1 aliphatic heterocycles. The van der Waals surface area contributed by atoms with Gasteiger partial charge >= 0.3 is 0 Å². The maximum absolute atomic E-state index is 12.3. The molecular formula is C19H26ClN3OS+2. The van der Waals surface area contributed by atoms with Gasteiger partial charge in [-0.1, -0.05) is 29.8 Å². The Morgan fingerprint density at radius 2 is 1.84 bits per heavy atom. The third kappa shape index (κ3) is 5.54. The summed E-state index contributed by atoms with van der Waals surface area (Å²) in [5.41, 5.74) is 1.32. The van der Waals surface area contributed by atoms with E-state index in [0.29, 0.717) is 6.54 Å². The third-order valence-electron chi connectivity index (χ3n) is 4.79. The zero-order valence-electron chi connectivity index (χ0n) is 14.6. The van der Waals surface area contributed by atoms with E-state index in [0.717, 1.165) is 37.7 Å². The van der Waals surface area contributed by atoms with Gasteiger partial charge in [0.2, 0.25) is 0 Å². The van der Waals surface area contributed by atoms with Gasteiger partial charge in [-0.3, -0.25) is 4.79 Å². The fourth-order valence-electron chi connectivity index (χ4n) is 3.33. The summed E-state index contributed by atoms with van der Waals surface area (Å²) in [6, 6.07) is 12.3. The Morgan fingerprint density at radius 3 is 2.48 bits per heavy atom. The van der Waals surface area contributed by atoms with Gasteiger partial charge in [-0.15, -0.1) is 11.3 Å². The van der Waals surface area contributed by atoms with E-state index in [1.807, 2.05) is 30.5 Å². The maximum atomic E-state index is 12.3. The number of hydrogen-bond acceptors (Lipinski definition) is 2. The molecule has 1 aromatic carbocycles. The van der Waals surface area contributed by atoms with Gasteiger partial charge in [0, 0.05) is 15.5 Å². The highest BCUT2D eigenvalue weighted by molar-refractivity contribution is 7.10. The van der Waals surface area contributed by atoms with Gasteiger partial charge in [0.15, 0.2) is 6.54 Å². The van der Waals surface area contributed by atoms with Gasteiger partial charge < -0.3 is 15.1 Å². The monoisotopic (exact) mass is 379 g/mol. The van der Waals surface area contributed by atoms with Crippen LogP contribution in [-0.4, -0.2) is 38.6 Å². The van der Waals surface area contributed by atoms with E-state index in [4.69, 9.17) is 11.6 Å². The number of halogens is 1. The van der Waals surface area contributed by atoms with Crippen LogP contribution in [0.5, 0.6) is 0 Å². The first-order chi connectivity index (χ1) is 12.1. The van der Waals surface area contributed by atoms with Crippen LogP contribution in [0.2, 0.25) is 5.02 Å². The average Bonchev–Trinajstić information content (AvgIpc) is 3.13. The molecule has 1 aromatic heterocycles. The number of rotatable bonds is 6. The molecule has 6 heteroatoms. The predicted molar refractivity (Wildman–Crippen MR) is 102 cm³/mol. The molecule has 3 N–H and O–H groups in total. The van der Waals surface area contributed by atoms with Gasteiger partial charge in [0.25, 0.3) is 5.91 Å². The molecular weight excluding hydrogens is 354 g/mol. The minimum absolute atomic E-state index is 0.101. The second-order valence-electron chi connectivity index (χ2n) is 6.78. The maximum Gasteiger partial charge on any atom is 0.275 e. The Morgan fingerprint density at radius 1 is 1.16 bits per heavy atom. The Bertz CT molecular complexity index is 666. The highest BCUT2D eigenvalue weighted by Gasteiger charge is 2.25. The summed E-state index contributed by atoms with van der Waals surface area (Å²) < 4.78 is 0. The van der Waals surface area contributed by atoms with E-state index in [2.05, 4.69) is 23.5 Å². The van der Waals surface area contributed by atoms with Crippen molar-refractivity contribution < 1.29 is 14.6 Å². The molecule has 0 bridgehead atoms. The van der Waals surface area contributed by atoms with Crippen LogP contribution in [0.1, 0.15) is 23.4 Å². The number of hydrogen-bond donors (Lipinski definition) is 3. The summed E-state index contributed by atoms with van der Waals surface area (Å²) >= 11 is 7.63. The minimum atomic E-state index is 0.101. The largest absolute Gasteiger partial charge is 0.344 e. The number of quaternary nitrogens is 2. The molecule has 25 heavy (non-hydrogen) atoms. The first kappa shape index (κ1) is 18.4. The predicted octanol–water partition coefficient (Wildman–Crippen LogP) is 0.562. The number of benzene rings is 1. The van der Waals surface area contributed by atoms with Crippen LogP contribution in [0, 0.1) is 0 Å². The summed E-state index contributed by atoms with van der Waals surface area (Å²) in [4.78, 5) is 16.5. The zero-order chi connectivity index (χ0) is 17.6. The summed E-state index contributed by atoms with van der Waals surface area (Å²) in [7, 11) is 0. The normalized spacial score (nSPS) is 21.7. The number of nitrogens with one attached hydrogen (secondary N) is 3. The molecule has 0 saturated carbocycles. The van der Waals surface area contributed by atoms with Crippen LogP contribution >= 0.6 is 22.9 Å². The summed E-state index contributed by atoms with van der Waals surface area (Å²) in [5, 5.41) is 5.95. The SMILES string of the molecule is C[C@@H](NC(=O)C[NH+]1CC[NH+](Cc2ccc(Cl)cc2)CC1)c1cccs1. The van der Waals surface area contributed by atoms with E-state index >= 15 is 0 Å². The lowest BCUT2D eigenvalue weighted by Gasteiger charge is -2.29. The van der Waals surface area contributed by atoms with Crippen LogP contribution in [0.3, 0.4) is 0 Å². The highest BCUT2D eigenvalue weighted by atomic mass is 35.5. The van der Waals surface area contributed by atoms with Crippen LogP contribution < -0.4 is 15.1 Å². The van der Waals surface area contributed by atoms with Crippen molar-refractivity contribution in [1.29, 1.82) is 0 Å². The van der Waals surface area contributed by atoms with E-state index in [-0.39, 0.29) is 11.9 Å². The molecule has 134 valence electrons. The van der Waals surface area contributed by atoms with Crippen LogP contribution in [0.25, 0.3) is 0 Å². The van der Waals surface area contributed by atoms with Crippen molar-refractivity contribution in [2.45, 2.75) is 19.5 Å². The Balaban J connectivity index is 1.40. The summed E-state index contributed by atoms with van der Waals surface area (Å²) in [6.07, 6.45) is 0. The standard InChI is InChI=1S/C19H24ClN3OS/c1-15(18-3-2-12-25-18)21-19(24)14-23-10-8-22(9-11-23)13-16-4-6-17(20)7-5-16/h2-7,12,15H,8-11,13-14H2,1H3,(H,21,24)/p+2/t15-/m1/s1. The summed E-state index contributed by atoms with van der Waals surface area (Å²) in [6.45, 7) is 7.95. The first-order valence-corrected chi connectivity index (χ1v) is 10.1. The molecule has 1 aliphatic rings. The molecule has 3 rings (SSSR count). The molecule has 4 nitrogen and oxygen atoms in total. The molecule has 1 atom stereocenters. The van der Waals surface area contributed by atoms with Gasteiger partial charge in [-0.2, -0.15) is 0 Å². The number of piperazine rings is 1. The van der Waals surface area contributed by atoms with Crippen molar-refractivity contribution >= 4 is 28.8 Å². The third-order valence-corrected chi connectivity index (χ3v) is 6.10. The van der Waals surface area contributed by atoms with E-state index < -0.39 is 0 Å². The number of carbonyl (C=O) groups excluding carboxylic acids is 1. The van der Waals surface area contributed by atoms with Gasteiger partial charge in [-0.05, 0) is 30.5 Å².